The van der Waals surface area contributed by atoms with Crippen LogP contribution in [0.25, 0.3) is 0 Å². The Morgan fingerprint density at radius 1 is 1.53 bits per heavy atom. The van der Waals surface area contributed by atoms with E-state index in [1.807, 2.05) is 11.8 Å². The molecule has 5 nitrogen and oxygen atoms in total. The van der Waals surface area contributed by atoms with E-state index >= 15 is 0 Å². The van der Waals surface area contributed by atoms with Crippen LogP contribution in [0.1, 0.15) is 23.7 Å². The van der Waals surface area contributed by atoms with Gasteiger partial charge in [0.05, 0.1) is 18.9 Å². The Hall–Kier alpha value is -1.75. The van der Waals surface area contributed by atoms with Crippen LogP contribution in [0.5, 0.6) is 5.75 Å². The maximum Gasteiger partial charge on any atom is 0.254 e. The van der Waals surface area contributed by atoms with Crippen LogP contribution in [0.3, 0.4) is 0 Å². The van der Waals surface area contributed by atoms with Crippen LogP contribution in [-0.4, -0.2) is 43.7 Å². The molecule has 1 amide bonds. The second-order valence-corrected chi connectivity index (χ2v) is 4.74. The van der Waals surface area contributed by atoms with Crippen molar-refractivity contribution in [3.63, 3.8) is 0 Å². The minimum absolute atomic E-state index is 0.00768. The SMILES string of the molecule is COc1ccc(C(=O)N2CCCOC(C)C2)cc1N. The van der Waals surface area contributed by atoms with E-state index in [0.29, 0.717) is 30.2 Å². The standard InChI is InChI=1S/C14H20N2O3/c1-10-9-16(6-3-7-19-10)14(17)11-4-5-13(18-2)12(15)8-11/h4-5,8,10H,3,6-7,9,15H2,1-2H3. The smallest absolute Gasteiger partial charge is 0.254 e. The zero-order valence-corrected chi connectivity index (χ0v) is 11.4. The van der Waals surface area contributed by atoms with Gasteiger partial charge in [0.25, 0.3) is 5.91 Å². The maximum absolute atomic E-state index is 12.4. The molecule has 2 N–H and O–H groups in total. The predicted molar refractivity (Wildman–Crippen MR) is 73.3 cm³/mol. The van der Waals surface area contributed by atoms with Gasteiger partial charge < -0.3 is 20.1 Å². The first kappa shape index (κ1) is 13.7. The highest BCUT2D eigenvalue weighted by Crippen LogP contribution is 2.23. The van der Waals surface area contributed by atoms with Crippen LogP contribution in [0.15, 0.2) is 18.2 Å². The number of carbonyl (C=O) groups is 1. The fourth-order valence-corrected chi connectivity index (χ4v) is 2.23. The Morgan fingerprint density at radius 3 is 3.00 bits per heavy atom. The average Bonchev–Trinajstić information content (AvgIpc) is 2.62. The van der Waals surface area contributed by atoms with Crippen molar-refractivity contribution >= 4 is 11.6 Å². The molecule has 0 aliphatic carbocycles. The van der Waals surface area contributed by atoms with E-state index in [2.05, 4.69) is 0 Å². The summed E-state index contributed by atoms with van der Waals surface area (Å²) in [6.07, 6.45) is 0.934. The molecule has 1 fully saturated rings. The minimum Gasteiger partial charge on any atom is -0.495 e. The molecular weight excluding hydrogens is 244 g/mol. The van der Waals surface area contributed by atoms with Gasteiger partial charge in [-0.2, -0.15) is 0 Å². The molecule has 1 aromatic carbocycles. The van der Waals surface area contributed by atoms with Crippen molar-refractivity contribution in [2.45, 2.75) is 19.4 Å². The van der Waals surface area contributed by atoms with Gasteiger partial charge in [-0.1, -0.05) is 0 Å². The van der Waals surface area contributed by atoms with Crippen molar-refractivity contribution in [2.75, 3.05) is 32.5 Å². The van der Waals surface area contributed by atoms with Crippen LogP contribution in [0, 0.1) is 0 Å². The summed E-state index contributed by atoms with van der Waals surface area (Å²) in [4.78, 5) is 14.2. The molecular formula is C14H20N2O3. The Labute approximate surface area is 113 Å². The van der Waals surface area contributed by atoms with Gasteiger partial charge in [-0.25, -0.2) is 0 Å². The van der Waals surface area contributed by atoms with Gasteiger partial charge in [0, 0.05) is 25.3 Å². The number of amides is 1. The lowest BCUT2D eigenvalue weighted by Crippen LogP contribution is -2.35. The van der Waals surface area contributed by atoms with Gasteiger partial charge in [0.15, 0.2) is 0 Å². The predicted octanol–water partition coefficient (Wildman–Crippen LogP) is 1.53. The topological polar surface area (TPSA) is 64.8 Å². The lowest BCUT2D eigenvalue weighted by atomic mass is 10.1. The van der Waals surface area contributed by atoms with Crippen molar-refractivity contribution in [1.29, 1.82) is 0 Å². The first-order valence-electron chi connectivity index (χ1n) is 6.46. The molecule has 1 atom stereocenters. The van der Waals surface area contributed by atoms with Gasteiger partial charge in [-0.15, -0.1) is 0 Å². The van der Waals surface area contributed by atoms with E-state index < -0.39 is 0 Å². The fourth-order valence-electron chi connectivity index (χ4n) is 2.23. The molecule has 0 saturated carbocycles. The number of ether oxygens (including phenoxy) is 2. The Morgan fingerprint density at radius 2 is 2.32 bits per heavy atom. The quantitative estimate of drug-likeness (QED) is 0.823. The molecule has 2 rings (SSSR count). The number of hydrogen-bond acceptors (Lipinski definition) is 4. The lowest BCUT2D eigenvalue weighted by molar-refractivity contribution is 0.0563. The summed E-state index contributed by atoms with van der Waals surface area (Å²) in [7, 11) is 1.56. The summed E-state index contributed by atoms with van der Waals surface area (Å²) in [5.41, 5.74) is 6.91. The number of benzene rings is 1. The molecule has 1 unspecified atom stereocenters. The van der Waals surface area contributed by atoms with Gasteiger partial charge in [0.1, 0.15) is 5.75 Å². The van der Waals surface area contributed by atoms with E-state index in [1.165, 1.54) is 0 Å². The summed E-state index contributed by atoms with van der Waals surface area (Å²) in [6, 6.07) is 5.13. The number of anilines is 1. The molecule has 1 aromatic rings. The number of nitrogens with two attached hydrogens (primary N) is 1. The normalized spacial score (nSPS) is 19.9. The van der Waals surface area contributed by atoms with Crippen LogP contribution >= 0.6 is 0 Å². The third kappa shape index (κ3) is 3.17. The molecule has 0 radical (unpaired) electrons. The van der Waals surface area contributed by atoms with Crippen molar-refractivity contribution < 1.29 is 14.3 Å². The average molecular weight is 264 g/mol. The monoisotopic (exact) mass is 264 g/mol. The third-order valence-corrected chi connectivity index (χ3v) is 3.22. The molecule has 104 valence electrons. The first-order valence-corrected chi connectivity index (χ1v) is 6.46. The zero-order chi connectivity index (χ0) is 13.8. The fraction of sp³-hybridized carbons (Fsp3) is 0.500. The highest BCUT2D eigenvalue weighted by atomic mass is 16.5. The van der Waals surface area contributed by atoms with Crippen molar-refractivity contribution in [3.05, 3.63) is 23.8 Å². The summed E-state index contributed by atoms with van der Waals surface area (Å²) in [5.74, 6) is 0.579. The molecule has 1 aliphatic rings. The number of rotatable bonds is 2. The number of hydrogen-bond donors (Lipinski definition) is 1. The summed E-state index contributed by atoms with van der Waals surface area (Å²) in [5, 5.41) is 0. The molecule has 1 heterocycles. The molecule has 0 bridgehead atoms. The molecule has 0 spiro atoms. The summed E-state index contributed by atoms with van der Waals surface area (Å²) < 4.78 is 10.6. The van der Waals surface area contributed by atoms with Crippen LogP contribution in [0.2, 0.25) is 0 Å². The van der Waals surface area contributed by atoms with E-state index in [4.69, 9.17) is 15.2 Å². The number of nitrogen functional groups attached to an aromatic ring is 1. The molecule has 1 aliphatic heterocycles. The minimum atomic E-state index is -0.00768. The largest absolute Gasteiger partial charge is 0.495 e. The van der Waals surface area contributed by atoms with E-state index in [9.17, 15) is 4.79 Å². The van der Waals surface area contributed by atoms with Crippen molar-refractivity contribution in [3.8, 4) is 5.75 Å². The molecule has 19 heavy (non-hydrogen) atoms. The van der Waals surface area contributed by atoms with Gasteiger partial charge in [-0.05, 0) is 31.5 Å². The van der Waals surface area contributed by atoms with Crippen molar-refractivity contribution in [1.82, 2.24) is 4.90 Å². The van der Waals surface area contributed by atoms with Crippen LogP contribution < -0.4 is 10.5 Å². The highest BCUT2D eigenvalue weighted by Gasteiger charge is 2.21. The highest BCUT2D eigenvalue weighted by molar-refractivity contribution is 5.95. The summed E-state index contributed by atoms with van der Waals surface area (Å²) in [6.45, 7) is 4.02. The number of carbonyl (C=O) groups excluding carboxylic acids is 1. The second-order valence-electron chi connectivity index (χ2n) is 4.74. The number of methoxy groups -OCH3 is 1. The van der Waals surface area contributed by atoms with Gasteiger partial charge in [-0.3, -0.25) is 4.79 Å². The van der Waals surface area contributed by atoms with Crippen LogP contribution in [-0.2, 0) is 4.74 Å². The molecule has 1 saturated heterocycles. The Kier molecular flexibility index (Phi) is 4.27. The second kappa shape index (κ2) is 5.93. The van der Waals surface area contributed by atoms with Gasteiger partial charge >= 0.3 is 0 Å². The Balaban J connectivity index is 2.16. The Bertz CT molecular complexity index is 462. The number of nitrogens with zero attached hydrogens (tertiary/aromatic N) is 1. The third-order valence-electron chi connectivity index (χ3n) is 3.22. The first-order chi connectivity index (χ1) is 9.11. The van der Waals surface area contributed by atoms with E-state index in [1.54, 1.807) is 25.3 Å². The van der Waals surface area contributed by atoms with E-state index in [0.717, 1.165) is 13.0 Å². The lowest BCUT2D eigenvalue weighted by Gasteiger charge is -2.22. The molecule has 5 heteroatoms. The van der Waals surface area contributed by atoms with Gasteiger partial charge in [0.2, 0.25) is 0 Å². The van der Waals surface area contributed by atoms with Crippen LogP contribution in [0.4, 0.5) is 5.69 Å². The summed E-state index contributed by atoms with van der Waals surface area (Å²) >= 11 is 0. The maximum atomic E-state index is 12.4. The molecule has 0 aromatic heterocycles. The zero-order valence-electron chi connectivity index (χ0n) is 11.4. The van der Waals surface area contributed by atoms with E-state index in [-0.39, 0.29) is 12.0 Å². The van der Waals surface area contributed by atoms with Crippen molar-refractivity contribution in [2.24, 2.45) is 0 Å².